The molecule has 5 heteroatoms. The summed E-state index contributed by atoms with van der Waals surface area (Å²) in [6.45, 7) is 2.60. The Morgan fingerprint density at radius 1 is 1.25 bits per heavy atom. The summed E-state index contributed by atoms with van der Waals surface area (Å²) >= 11 is 0. The summed E-state index contributed by atoms with van der Waals surface area (Å²) < 4.78 is 26.2. The molecule has 2 rings (SSSR count). The van der Waals surface area contributed by atoms with Gasteiger partial charge in [0.1, 0.15) is 11.6 Å². The first-order chi connectivity index (χ1) is 9.56. The van der Waals surface area contributed by atoms with E-state index in [2.05, 4.69) is 10.3 Å². The van der Waals surface area contributed by atoms with E-state index < -0.39 is 17.7 Å². The zero-order chi connectivity index (χ0) is 14.5. The van der Waals surface area contributed by atoms with Gasteiger partial charge in [-0.2, -0.15) is 0 Å². The van der Waals surface area contributed by atoms with Gasteiger partial charge in [0.2, 0.25) is 0 Å². The molecule has 0 aliphatic rings. The predicted molar refractivity (Wildman–Crippen MR) is 72.0 cm³/mol. The van der Waals surface area contributed by atoms with Gasteiger partial charge in [0.15, 0.2) is 0 Å². The van der Waals surface area contributed by atoms with Gasteiger partial charge in [0.05, 0.1) is 6.10 Å². The second kappa shape index (κ2) is 6.54. The lowest BCUT2D eigenvalue weighted by Crippen LogP contribution is -2.21. The van der Waals surface area contributed by atoms with E-state index >= 15 is 0 Å². The molecule has 0 saturated carbocycles. The molecule has 1 atom stereocenters. The third kappa shape index (κ3) is 3.82. The van der Waals surface area contributed by atoms with Gasteiger partial charge < -0.3 is 10.4 Å². The minimum absolute atomic E-state index is 0.0842. The third-order valence-electron chi connectivity index (χ3n) is 2.96. The average molecular weight is 278 g/mol. The van der Waals surface area contributed by atoms with Crippen molar-refractivity contribution < 1.29 is 13.9 Å². The molecule has 106 valence electrons. The number of aromatic nitrogens is 1. The van der Waals surface area contributed by atoms with Crippen molar-refractivity contribution in [3.05, 3.63) is 65.0 Å². The number of pyridine rings is 1. The van der Waals surface area contributed by atoms with Crippen LogP contribution in [0.25, 0.3) is 0 Å². The molecule has 2 N–H and O–H groups in total. The van der Waals surface area contributed by atoms with Gasteiger partial charge >= 0.3 is 0 Å². The van der Waals surface area contributed by atoms with Crippen LogP contribution in [0.15, 0.2) is 36.5 Å². The first kappa shape index (κ1) is 14.6. The van der Waals surface area contributed by atoms with E-state index in [1.165, 1.54) is 6.07 Å². The van der Waals surface area contributed by atoms with Crippen molar-refractivity contribution in [2.75, 3.05) is 6.54 Å². The van der Waals surface area contributed by atoms with Crippen LogP contribution in [0.1, 0.15) is 22.9 Å². The summed E-state index contributed by atoms with van der Waals surface area (Å²) in [6.07, 6.45) is 0.724. The summed E-state index contributed by atoms with van der Waals surface area (Å²) in [5.41, 5.74) is 1.99. The van der Waals surface area contributed by atoms with Crippen molar-refractivity contribution in [3.8, 4) is 0 Å². The highest BCUT2D eigenvalue weighted by Crippen LogP contribution is 2.17. The van der Waals surface area contributed by atoms with Crippen LogP contribution >= 0.6 is 0 Å². The summed E-state index contributed by atoms with van der Waals surface area (Å²) in [5.74, 6) is -1.39. The van der Waals surface area contributed by atoms with Crippen LogP contribution in [0.3, 0.4) is 0 Å². The highest BCUT2D eigenvalue weighted by molar-refractivity contribution is 5.21. The molecule has 2 aromatic rings. The van der Waals surface area contributed by atoms with Crippen LogP contribution in [0, 0.1) is 18.6 Å². The number of halogens is 2. The number of hydrogen-bond acceptors (Lipinski definition) is 3. The Balaban J connectivity index is 1.88. The maximum absolute atomic E-state index is 13.5. The third-order valence-corrected chi connectivity index (χ3v) is 2.96. The lowest BCUT2D eigenvalue weighted by atomic mass is 10.1. The summed E-state index contributed by atoms with van der Waals surface area (Å²) in [5, 5.41) is 12.9. The molecule has 0 aliphatic carbocycles. The number of aliphatic hydroxyl groups excluding tert-OH is 1. The Morgan fingerprint density at radius 3 is 2.70 bits per heavy atom. The topological polar surface area (TPSA) is 45.1 Å². The number of benzene rings is 1. The highest BCUT2D eigenvalue weighted by Gasteiger charge is 2.13. The molecule has 1 heterocycles. The van der Waals surface area contributed by atoms with Crippen molar-refractivity contribution in [1.29, 1.82) is 0 Å². The molecule has 0 radical (unpaired) electrons. The number of nitrogens with zero attached hydrogens (tertiary/aromatic N) is 1. The van der Waals surface area contributed by atoms with Crippen molar-refractivity contribution in [1.82, 2.24) is 10.3 Å². The zero-order valence-electron chi connectivity index (χ0n) is 11.1. The van der Waals surface area contributed by atoms with Gasteiger partial charge in [-0.25, -0.2) is 8.78 Å². The van der Waals surface area contributed by atoms with Crippen molar-refractivity contribution in [2.24, 2.45) is 0 Å². The molecule has 0 saturated heterocycles. The van der Waals surface area contributed by atoms with Crippen molar-refractivity contribution >= 4 is 0 Å². The molecule has 0 aliphatic heterocycles. The number of rotatable bonds is 5. The predicted octanol–water partition coefficient (Wildman–Crippen LogP) is 2.49. The van der Waals surface area contributed by atoms with E-state index in [-0.39, 0.29) is 12.1 Å². The maximum Gasteiger partial charge on any atom is 0.131 e. The number of aryl methyl sites for hydroxylation is 1. The van der Waals surface area contributed by atoms with Crippen LogP contribution < -0.4 is 5.32 Å². The Kier molecular flexibility index (Phi) is 4.76. The van der Waals surface area contributed by atoms with Crippen LogP contribution in [0.2, 0.25) is 0 Å². The molecule has 1 aromatic heterocycles. The fourth-order valence-corrected chi connectivity index (χ4v) is 1.84. The quantitative estimate of drug-likeness (QED) is 0.883. The molecule has 0 amide bonds. The normalized spacial score (nSPS) is 12.4. The van der Waals surface area contributed by atoms with Gasteiger partial charge in [-0.15, -0.1) is 0 Å². The SMILES string of the molecule is Cc1ccc(CNCC(O)c2ccc(F)cc2F)cn1. The van der Waals surface area contributed by atoms with E-state index in [0.29, 0.717) is 6.54 Å². The fraction of sp³-hybridized carbons (Fsp3) is 0.267. The smallest absolute Gasteiger partial charge is 0.131 e. The Hall–Kier alpha value is -1.85. The molecule has 3 nitrogen and oxygen atoms in total. The van der Waals surface area contributed by atoms with Crippen LogP contribution in [0.5, 0.6) is 0 Å². The van der Waals surface area contributed by atoms with Crippen LogP contribution in [0.4, 0.5) is 8.78 Å². The van der Waals surface area contributed by atoms with E-state index in [4.69, 9.17) is 0 Å². The first-order valence-corrected chi connectivity index (χ1v) is 6.31. The molecule has 0 spiro atoms. The van der Waals surface area contributed by atoms with Crippen molar-refractivity contribution in [2.45, 2.75) is 19.6 Å². The summed E-state index contributed by atoms with van der Waals surface area (Å²) in [6, 6.07) is 6.98. The molecule has 0 bridgehead atoms. The van der Waals surface area contributed by atoms with E-state index in [0.717, 1.165) is 23.4 Å². The van der Waals surface area contributed by atoms with Crippen LogP contribution in [-0.2, 0) is 6.54 Å². The Labute approximate surface area is 116 Å². The molecular weight excluding hydrogens is 262 g/mol. The molecule has 1 unspecified atom stereocenters. The van der Waals surface area contributed by atoms with Crippen LogP contribution in [-0.4, -0.2) is 16.6 Å². The standard InChI is InChI=1S/C15H16F2N2O/c1-10-2-3-11(8-19-10)7-18-9-15(20)13-5-4-12(16)6-14(13)17/h2-6,8,15,18,20H,7,9H2,1H3. The number of hydrogen-bond donors (Lipinski definition) is 2. The second-order valence-corrected chi connectivity index (χ2v) is 4.62. The molecule has 1 aromatic carbocycles. The minimum Gasteiger partial charge on any atom is -0.387 e. The van der Waals surface area contributed by atoms with Gasteiger partial charge in [0.25, 0.3) is 0 Å². The Morgan fingerprint density at radius 2 is 2.05 bits per heavy atom. The summed E-state index contributed by atoms with van der Waals surface area (Å²) in [7, 11) is 0. The lowest BCUT2D eigenvalue weighted by molar-refractivity contribution is 0.169. The second-order valence-electron chi connectivity index (χ2n) is 4.62. The molecule has 20 heavy (non-hydrogen) atoms. The van der Waals surface area contributed by atoms with Gasteiger partial charge in [-0.05, 0) is 24.6 Å². The largest absolute Gasteiger partial charge is 0.387 e. The van der Waals surface area contributed by atoms with E-state index in [9.17, 15) is 13.9 Å². The number of aliphatic hydroxyl groups is 1. The fourth-order valence-electron chi connectivity index (χ4n) is 1.84. The van der Waals surface area contributed by atoms with E-state index in [1.807, 2.05) is 19.1 Å². The lowest BCUT2D eigenvalue weighted by Gasteiger charge is -2.13. The average Bonchev–Trinajstić information content (AvgIpc) is 2.41. The van der Waals surface area contributed by atoms with Gasteiger partial charge in [0, 0.05) is 36.6 Å². The van der Waals surface area contributed by atoms with E-state index in [1.54, 1.807) is 6.20 Å². The molecule has 0 fully saturated rings. The zero-order valence-corrected chi connectivity index (χ0v) is 11.1. The van der Waals surface area contributed by atoms with Gasteiger partial charge in [-0.1, -0.05) is 12.1 Å². The van der Waals surface area contributed by atoms with Crippen molar-refractivity contribution in [3.63, 3.8) is 0 Å². The van der Waals surface area contributed by atoms with Gasteiger partial charge in [-0.3, -0.25) is 4.98 Å². The monoisotopic (exact) mass is 278 g/mol. The minimum atomic E-state index is -1.02. The maximum atomic E-state index is 13.5. The number of nitrogens with one attached hydrogen (secondary N) is 1. The first-order valence-electron chi connectivity index (χ1n) is 6.31. The summed E-state index contributed by atoms with van der Waals surface area (Å²) in [4.78, 5) is 4.15. The molecular formula is C15H16F2N2O. The highest BCUT2D eigenvalue weighted by atomic mass is 19.1. The Bertz CT molecular complexity index is 573.